The standard InChI is InChI=1S/C42H35NO8.H2O/c44-24-34-37(45)38(46)39(47)40(50-34)30-17-16-29-22-32(42(49)51-33(29)23-30)41(48)43-31-20-18-28(19-21-31)36(27-14-8-3-9-15-27)35(25-10-4-1-5-11-25)26-12-6-2-7-13-26;/h1-23,34,37-40,44-47H,24H2,(H,43,48);1H2/t34-,37+,38+,39-,40+;/m1./s1. The van der Waals surface area contributed by atoms with Crippen LogP contribution in [-0.4, -0.2) is 62.8 Å². The Bertz CT molecular complexity index is 2190. The van der Waals surface area contributed by atoms with E-state index < -0.39 is 48.7 Å². The van der Waals surface area contributed by atoms with E-state index in [1.54, 1.807) is 24.3 Å². The molecule has 1 aliphatic rings. The first-order chi connectivity index (χ1) is 24.8. The van der Waals surface area contributed by atoms with Gasteiger partial charge in [0.1, 0.15) is 41.7 Å². The van der Waals surface area contributed by atoms with E-state index in [0.717, 1.165) is 33.4 Å². The fourth-order valence-corrected chi connectivity index (χ4v) is 6.48. The van der Waals surface area contributed by atoms with Gasteiger partial charge in [-0.05, 0) is 63.2 Å². The van der Waals surface area contributed by atoms with Gasteiger partial charge in [-0.15, -0.1) is 0 Å². The Labute approximate surface area is 298 Å². The number of hydrogen-bond donors (Lipinski definition) is 5. The highest BCUT2D eigenvalue weighted by molar-refractivity contribution is 6.07. The fourth-order valence-electron chi connectivity index (χ4n) is 6.48. The molecule has 1 aromatic heterocycles. The zero-order chi connectivity index (χ0) is 35.5. The van der Waals surface area contributed by atoms with E-state index in [2.05, 4.69) is 41.7 Å². The summed E-state index contributed by atoms with van der Waals surface area (Å²) in [4.78, 5) is 26.4. The molecule has 52 heavy (non-hydrogen) atoms. The van der Waals surface area contributed by atoms with Crippen molar-refractivity contribution >= 4 is 33.7 Å². The quantitative estimate of drug-likeness (QED) is 0.112. The summed E-state index contributed by atoms with van der Waals surface area (Å²) < 4.78 is 11.1. The predicted molar refractivity (Wildman–Crippen MR) is 198 cm³/mol. The molecule has 7 N–H and O–H groups in total. The lowest BCUT2D eigenvalue weighted by molar-refractivity contribution is -0.231. The van der Waals surface area contributed by atoms with E-state index >= 15 is 0 Å². The maximum Gasteiger partial charge on any atom is 0.349 e. The maximum absolute atomic E-state index is 13.4. The van der Waals surface area contributed by atoms with Gasteiger partial charge in [-0.2, -0.15) is 0 Å². The number of nitrogens with one attached hydrogen (secondary N) is 1. The second-order valence-corrected chi connectivity index (χ2v) is 12.4. The Kier molecular flexibility index (Phi) is 10.9. The Balaban J connectivity index is 0.00000464. The normalized spacial score (nSPS) is 19.7. The molecule has 0 aliphatic carbocycles. The van der Waals surface area contributed by atoms with E-state index in [4.69, 9.17) is 9.15 Å². The maximum atomic E-state index is 13.4. The summed E-state index contributed by atoms with van der Waals surface area (Å²) in [5.74, 6) is -0.649. The Morgan fingerprint density at radius 2 is 1.15 bits per heavy atom. The van der Waals surface area contributed by atoms with Crippen LogP contribution in [-0.2, 0) is 4.74 Å². The second kappa shape index (κ2) is 15.7. The third-order valence-electron chi connectivity index (χ3n) is 9.09. The summed E-state index contributed by atoms with van der Waals surface area (Å²) in [6.45, 7) is -0.571. The van der Waals surface area contributed by atoms with Crippen LogP contribution in [0.3, 0.4) is 0 Å². The highest BCUT2D eigenvalue weighted by atomic mass is 16.5. The van der Waals surface area contributed by atoms with Crippen LogP contribution in [0.5, 0.6) is 0 Å². The van der Waals surface area contributed by atoms with Crippen LogP contribution in [0.15, 0.2) is 149 Å². The lowest BCUT2D eigenvalue weighted by Crippen LogP contribution is -2.55. The van der Waals surface area contributed by atoms with Gasteiger partial charge in [0.25, 0.3) is 5.91 Å². The summed E-state index contributed by atoms with van der Waals surface area (Å²) in [5, 5.41) is 43.6. The SMILES string of the molecule is O.O=C(Nc1ccc(C(=C(c2ccccc2)c2ccccc2)c2ccccc2)cc1)c1cc2ccc([C@@H]3O[C@H](CO)[C@H](O)[C@H](O)[C@H]3O)cc2oc1=O. The first-order valence-electron chi connectivity index (χ1n) is 16.5. The molecule has 0 radical (unpaired) electrons. The molecule has 0 spiro atoms. The first-order valence-corrected chi connectivity index (χ1v) is 16.5. The number of fused-ring (bicyclic) bond motifs is 1. The predicted octanol–water partition coefficient (Wildman–Crippen LogP) is 4.74. The summed E-state index contributed by atoms with van der Waals surface area (Å²) >= 11 is 0. The lowest BCUT2D eigenvalue weighted by Gasteiger charge is -2.40. The number of carbonyl (C=O) groups excluding carboxylic acids is 1. The number of rotatable bonds is 8. The van der Waals surface area contributed by atoms with Gasteiger partial charge in [0.15, 0.2) is 0 Å². The van der Waals surface area contributed by atoms with Crippen molar-refractivity contribution in [3.05, 3.63) is 183 Å². The van der Waals surface area contributed by atoms with Crippen molar-refractivity contribution in [2.75, 3.05) is 11.9 Å². The number of aliphatic hydroxyl groups is 4. The zero-order valence-electron chi connectivity index (χ0n) is 27.8. The molecule has 1 fully saturated rings. The minimum absolute atomic E-state index is 0. The molecule has 0 unspecified atom stereocenters. The molecule has 1 saturated heterocycles. The van der Waals surface area contributed by atoms with Gasteiger partial charge >= 0.3 is 5.63 Å². The van der Waals surface area contributed by atoms with Crippen LogP contribution < -0.4 is 10.9 Å². The number of aliphatic hydroxyl groups excluding tert-OH is 4. The fraction of sp³-hybridized carbons (Fsp3) is 0.143. The van der Waals surface area contributed by atoms with Crippen LogP contribution in [0.25, 0.3) is 22.1 Å². The highest BCUT2D eigenvalue weighted by Crippen LogP contribution is 2.37. The van der Waals surface area contributed by atoms with Crippen molar-refractivity contribution in [1.29, 1.82) is 0 Å². The van der Waals surface area contributed by atoms with Crippen LogP contribution in [0, 0.1) is 0 Å². The molecular formula is C42H37NO9. The topological polar surface area (TPSA) is 181 Å². The Hall–Kier alpha value is -5.72. The van der Waals surface area contributed by atoms with E-state index in [0.29, 0.717) is 16.6 Å². The molecule has 264 valence electrons. The molecule has 5 aromatic carbocycles. The number of carbonyl (C=O) groups is 1. The second-order valence-electron chi connectivity index (χ2n) is 12.4. The van der Waals surface area contributed by atoms with Gasteiger partial charge in [-0.25, -0.2) is 4.79 Å². The van der Waals surface area contributed by atoms with E-state index in [-0.39, 0.29) is 16.6 Å². The van der Waals surface area contributed by atoms with E-state index in [1.807, 2.05) is 66.7 Å². The van der Waals surface area contributed by atoms with Crippen molar-refractivity contribution in [2.24, 2.45) is 0 Å². The van der Waals surface area contributed by atoms with Crippen LogP contribution in [0.4, 0.5) is 5.69 Å². The van der Waals surface area contributed by atoms with Crippen molar-refractivity contribution < 1.29 is 39.9 Å². The minimum atomic E-state index is -1.56. The third kappa shape index (κ3) is 7.21. The van der Waals surface area contributed by atoms with Gasteiger partial charge in [-0.1, -0.05) is 115 Å². The number of hydrogen-bond acceptors (Lipinski definition) is 8. The van der Waals surface area contributed by atoms with E-state index in [9.17, 15) is 30.0 Å². The summed E-state index contributed by atoms with van der Waals surface area (Å²) in [5.41, 5.74) is 6.05. The molecular weight excluding hydrogens is 662 g/mol. The summed E-state index contributed by atoms with van der Waals surface area (Å²) in [6, 6.07) is 44.0. The van der Waals surface area contributed by atoms with Gasteiger partial charge in [-0.3, -0.25) is 4.79 Å². The summed E-state index contributed by atoms with van der Waals surface area (Å²) in [6.07, 6.45) is -6.74. The molecule has 2 heterocycles. The average molecular weight is 700 g/mol. The van der Waals surface area contributed by atoms with Crippen LogP contribution in [0.1, 0.15) is 44.3 Å². The number of amides is 1. The molecule has 6 aromatic rings. The van der Waals surface area contributed by atoms with Gasteiger partial charge < -0.3 is 40.4 Å². The molecule has 0 bridgehead atoms. The van der Waals surface area contributed by atoms with Gasteiger partial charge in [0, 0.05) is 11.1 Å². The molecule has 1 aliphatic heterocycles. The molecule has 5 atom stereocenters. The molecule has 1 amide bonds. The Morgan fingerprint density at radius 3 is 1.67 bits per heavy atom. The largest absolute Gasteiger partial charge is 0.422 e. The third-order valence-corrected chi connectivity index (χ3v) is 9.09. The first kappa shape index (κ1) is 36.1. The highest BCUT2D eigenvalue weighted by Gasteiger charge is 2.44. The van der Waals surface area contributed by atoms with Crippen LogP contribution in [0.2, 0.25) is 0 Å². The zero-order valence-corrected chi connectivity index (χ0v) is 27.8. The van der Waals surface area contributed by atoms with Crippen molar-refractivity contribution in [2.45, 2.75) is 30.5 Å². The Morgan fingerprint density at radius 1 is 0.635 bits per heavy atom. The number of benzene rings is 5. The smallest absolute Gasteiger partial charge is 0.349 e. The monoisotopic (exact) mass is 699 g/mol. The number of ether oxygens (including phenoxy) is 1. The number of anilines is 1. The van der Waals surface area contributed by atoms with Crippen molar-refractivity contribution in [3.63, 3.8) is 0 Å². The van der Waals surface area contributed by atoms with Crippen molar-refractivity contribution in [1.82, 2.24) is 0 Å². The molecule has 0 saturated carbocycles. The molecule has 10 heteroatoms. The molecule has 7 rings (SSSR count). The summed E-state index contributed by atoms with van der Waals surface area (Å²) in [7, 11) is 0. The van der Waals surface area contributed by atoms with E-state index in [1.165, 1.54) is 12.1 Å². The minimum Gasteiger partial charge on any atom is -0.422 e. The van der Waals surface area contributed by atoms with Crippen LogP contribution >= 0.6 is 0 Å². The lowest BCUT2D eigenvalue weighted by atomic mass is 9.86. The average Bonchev–Trinajstić information content (AvgIpc) is 3.17. The van der Waals surface area contributed by atoms with Gasteiger partial charge in [0.2, 0.25) is 0 Å². The molecule has 10 nitrogen and oxygen atoms in total. The van der Waals surface area contributed by atoms with Gasteiger partial charge in [0.05, 0.1) is 6.61 Å². The van der Waals surface area contributed by atoms with Crippen molar-refractivity contribution in [3.8, 4) is 0 Å².